The molecule has 0 unspecified atom stereocenters. The Kier molecular flexibility index (Phi) is 2.68. The maximum atomic E-state index is 12.9. The van der Waals surface area contributed by atoms with Crippen LogP contribution in [0.1, 0.15) is 45.4 Å². The Bertz CT molecular complexity index is 453. The van der Waals surface area contributed by atoms with Gasteiger partial charge in [-0.05, 0) is 51.1 Å². The predicted octanol–water partition coefficient (Wildman–Crippen LogP) is 0.952. The van der Waals surface area contributed by atoms with E-state index in [0.29, 0.717) is 18.6 Å². The lowest BCUT2D eigenvalue weighted by molar-refractivity contribution is -0.186. The van der Waals surface area contributed by atoms with Crippen LogP contribution in [0.5, 0.6) is 0 Å². The lowest BCUT2D eigenvalue weighted by Gasteiger charge is -2.59. The van der Waals surface area contributed by atoms with Crippen molar-refractivity contribution in [3.8, 4) is 0 Å². The molecule has 0 aromatic heterocycles. The van der Waals surface area contributed by atoms with Gasteiger partial charge in [0, 0.05) is 17.8 Å². The van der Waals surface area contributed by atoms with E-state index in [2.05, 4.69) is 4.90 Å². The summed E-state index contributed by atoms with van der Waals surface area (Å²) in [4.78, 5) is 15.3. The number of carbonyl (C=O) groups is 1. The molecule has 0 bridgehead atoms. The molecule has 2 heterocycles. The van der Waals surface area contributed by atoms with Gasteiger partial charge in [0.05, 0.1) is 17.7 Å². The number of carbonyl (C=O) groups excluding carboxylic acids is 1. The number of hydrogen-bond donors (Lipinski definition) is 2. The zero-order valence-electron chi connectivity index (χ0n) is 12.2. The van der Waals surface area contributed by atoms with Crippen LogP contribution >= 0.6 is 0 Å². The quantitative estimate of drug-likeness (QED) is 0.693. The molecule has 4 heteroatoms. The van der Waals surface area contributed by atoms with Gasteiger partial charge in [-0.3, -0.25) is 9.69 Å². The molecule has 0 radical (unpaired) electrons. The molecular formula is C16H25NO3. The van der Waals surface area contributed by atoms with Crippen molar-refractivity contribution < 1.29 is 15.0 Å². The highest BCUT2D eigenvalue weighted by atomic mass is 16.3. The topological polar surface area (TPSA) is 60.8 Å². The second-order valence-corrected chi connectivity index (χ2v) is 7.55. The Labute approximate surface area is 120 Å². The summed E-state index contributed by atoms with van der Waals surface area (Å²) < 4.78 is 0. The molecule has 0 amide bonds. The summed E-state index contributed by atoms with van der Waals surface area (Å²) in [7, 11) is 0. The van der Waals surface area contributed by atoms with Gasteiger partial charge in [-0.2, -0.15) is 0 Å². The summed E-state index contributed by atoms with van der Waals surface area (Å²) >= 11 is 0. The summed E-state index contributed by atoms with van der Waals surface area (Å²) in [5, 5.41) is 21.6. The fourth-order valence-corrected chi connectivity index (χ4v) is 6.31. The monoisotopic (exact) mass is 279 g/mol. The minimum atomic E-state index is -0.448. The van der Waals surface area contributed by atoms with Crippen LogP contribution in [-0.4, -0.2) is 51.7 Å². The van der Waals surface area contributed by atoms with E-state index in [1.54, 1.807) is 0 Å². The maximum Gasteiger partial charge on any atom is 0.154 e. The summed E-state index contributed by atoms with van der Waals surface area (Å²) in [5.74, 6) is 0.363. The molecule has 2 saturated heterocycles. The first-order chi connectivity index (χ1) is 9.54. The van der Waals surface area contributed by atoms with E-state index in [1.165, 1.54) is 0 Å². The molecule has 2 aliphatic heterocycles. The summed E-state index contributed by atoms with van der Waals surface area (Å²) in [6, 6.07) is 0. The average Bonchev–Trinajstić information content (AvgIpc) is 2.96. The number of ketones is 1. The highest BCUT2D eigenvalue weighted by molar-refractivity contribution is 5.93. The van der Waals surface area contributed by atoms with Crippen LogP contribution in [-0.2, 0) is 4.79 Å². The van der Waals surface area contributed by atoms with Crippen molar-refractivity contribution in [2.24, 2.45) is 17.3 Å². The first-order valence-corrected chi connectivity index (χ1v) is 8.18. The van der Waals surface area contributed by atoms with E-state index >= 15 is 0 Å². The number of nitrogens with zero attached hydrogens (tertiary/aromatic N) is 1. The molecule has 20 heavy (non-hydrogen) atoms. The van der Waals surface area contributed by atoms with E-state index in [0.717, 1.165) is 38.8 Å². The van der Waals surface area contributed by atoms with Gasteiger partial charge in [0.15, 0.2) is 5.78 Å². The Balaban J connectivity index is 1.88. The molecule has 4 aliphatic rings. The van der Waals surface area contributed by atoms with Crippen LogP contribution in [0, 0.1) is 17.3 Å². The molecule has 2 aliphatic carbocycles. The minimum Gasteiger partial charge on any atom is -0.393 e. The number of hydrogen-bond acceptors (Lipinski definition) is 4. The zero-order valence-corrected chi connectivity index (χ0v) is 12.2. The molecule has 2 N–H and O–H groups in total. The van der Waals surface area contributed by atoms with Gasteiger partial charge in [0.2, 0.25) is 0 Å². The van der Waals surface area contributed by atoms with E-state index in [9.17, 15) is 15.0 Å². The van der Waals surface area contributed by atoms with Crippen molar-refractivity contribution >= 4 is 5.78 Å². The van der Waals surface area contributed by atoms with Crippen LogP contribution in [0.2, 0.25) is 0 Å². The van der Waals surface area contributed by atoms with Gasteiger partial charge in [0.25, 0.3) is 0 Å². The largest absolute Gasteiger partial charge is 0.393 e. The van der Waals surface area contributed by atoms with Gasteiger partial charge in [-0.15, -0.1) is 0 Å². The molecule has 4 rings (SSSR count). The van der Waals surface area contributed by atoms with Crippen LogP contribution in [0.4, 0.5) is 0 Å². The molecule has 112 valence electrons. The van der Waals surface area contributed by atoms with Crippen molar-refractivity contribution in [2.75, 3.05) is 13.1 Å². The van der Waals surface area contributed by atoms with E-state index in [4.69, 9.17) is 0 Å². The average molecular weight is 279 g/mol. The van der Waals surface area contributed by atoms with Crippen LogP contribution < -0.4 is 0 Å². The second-order valence-electron chi connectivity index (χ2n) is 7.55. The Morgan fingerprint density at radius 1 is 1.20 bits per heavy atom. The predicted molar refractivity (Wildman–Crippen MR) is 74.1 cm³/mol. The van der Waals surface area contributed by atoms with Crippen LogP contribution in [0.25, 0.3) is 0 Å². The Morgan fingerprint density at radius 2 is 1.90 bits per heavy atom. The van der Waals surface area contributed by atoms with Gasteiger partial charge in [0.1, 0.15) is 0 Å². The highest BCUT2D eigenvalue weighted by Gasteiger charge is 2.74. The highest BCUT2D eigenvalue weighted by Crippen LogP contribution is 2.65. The third kappa shape index (κ3) is 1.23. The number of aliphatic hydroxyl groups excluding tert-OH is 2. The number of piperidine rings is 1. The lowest BCUT2D eigenvalue weighted by atomic mass is 9.52. The Hall–Kier alpha value is -0.450. The molecule has 0 aromatic carbocycles. The zero-order chi connectivity index (χ0) is 14.1. The van der Waals surface area contributed by atoms with Gasteiger partial charge in [-0.25, -0.2) is 0 Å². The van der Waals surface area contributed by atoms with Gasteiger partial charge in [-0.1, -0.05) is 6.92 Å². The van der Waals surface area contributed by atoms with Crippen LogP contribution in [0.3, 0.4) is 0 Å². The SMILES string of the molecule is C[C@H]1C[C@@H](O)[C@]23CCCN4CCC[C@@]42C(=O)C[C@@H]3[C@H]1O. The molecule has 4 fully saturated rings. The van der Waals surface area contributed by atoms with Crippen molar-refractivity contribution in [3.63, 3.8) is 0 Å². The minimum absolute atomic E-state index is 0.0327. The smallest absolute Gasteiger partial charge is 0.154 e. The molecule has 0 aromatic rings. The molecule has 2 spiro atoms. The van der Waals surface area contributed by atoms with E-state index < -0.39 is 17.7 Å². The van der Waals surface area contributed by atoms with E-state index in [-0.39, 0.29) is 17.3 Å². The standard InChI is InChI=1S/C16H25NO3/c1-10-8-12(18)15-4-2-6-17-7-3-5-16(15,17)13(19)9-11(15)14(10)20/h10-12,14,18,20H,2-9H2,1H3/t10-,11+,12+,14-,15+,16-/m0/s1. The van der Waals surface area contributed by atoms with Crippen molar-refractivity contribution in [2.45, 2.75) is 63.2 Å². The first kappa shape index (κ1) is 13.2. The number of Topliss-reactive ketones (excluding diaryl/α,β-unsaturated/α-hetero) is 1. The normalized spacial score (nSPS) is 55.5. The molecule has 4 nitrogen and oxygen atoms in total. The van der Waals surface area contributed by atoms with E-state index in [1.807, 2.05) is 6.92 Å². The van der Waals surface area contributed by atoms with Gasteiger partial charge < -0.3 is 10.2 Å². The third-order valence-electron chi connectivity index (χ3n) is 7.01. The van der Waals surface area contributed by atoms with Gasteiger partial charge >= 0.3 is 0 Å². The number of aliphatic hydroxyl groups is 2. The second kappa shape index (κ2) is 4.05. The molecular weight excluding hydrogens is 254 g/mol. The molecule has 2 saturated carbocycles. The number of rotatable bonds is 0. The Morgan fingerprint density at radius 3 is 2.65 bits per heavy atom. The summed E-state index contributed by atoms with van der Waals surface area (Å²) in [6.45, 7) is 3.97. The summed E-state index contributed by atoms with van der Waals surface area (Å²) in [6.07, 6.45) is 4.15. The first-order valence-electron chi connectivity index (χ1n) is 8.18. The van der Waals surface area contributed by atoms with Crippen molar-refractivity contribution in [3.05, 3.63) is 0 Å². The fourth-order valence-electron chi connectivity index (χ4n) is 6.31. The molecule has 6 atom stereocenters. The van der Waals surface area contributed by atoms with Crippen molar-refractivity contribution in [1.29, 1.82) is 0 Å². The van der Waals surface area contributed by atoms with Crippen molar-refractivity contribution in [1.82, 2.24) is 4.90 Å². The fraction of sp³-hybridized carbons (Fsp3) is 0.938. The summed E-state index contributed by atoms with van der Waals surface area (Å²) in [5.41, 5.74) is -0.818. The maximum absolute atomic E-state index is 12.9. The van der Waals surface area contributed by atoms with Crippen LogP contribution in [0.15, 0.2) is 0 Å². The third-order valence-corrected chi connectivity index (χ3v) is 7.01. The lowest BCUT2D eigenvalue weighted by Crippen LogP contribution is -2.69.